The molecule has 92 valence electrons. The molecule has 0 aliphatic heterocycles. The molecule has 0 spiro atoms. The first-order valence-corrected chi connectivity index (χ1v) is 5.38. The molecular formula is C13H8ClFO3. The third-order valence-electron chi connectivity index (χ3n) is 2.45. The van der Waals surface area contributed by atoms with Crippen LogP contribution in [0.2, 0.25) is 5.02 Å². The molecule has 2 aromatic carbocycles. The van der Waals surface area contributed by atoms with E-state index in [0.717, 1.165) is 6.07 Å². The Morgan fingerprint density at radius 2 is 1.78 bits per heavy atom. The van der Waals surface area contributed by atoms with Gasteiger partial charge in [-0.25, -0.2) is 9.18 Å². The van der Waals surface area contributed by atoms with Gasteiger partial charge < -0.3 is 10.2 Å². The van der Waals surface area contributed by atoms with Crippen LogP contribution in [0, 0.1) is 5.82 Å². The molecule has 18 heavy (non-hydrogen) atoms. The van der Waals surface area contributed by atoms with Gasteiger partial charge >= 0.3 is 5.97 Å². The number of carbonyl (C=O) groups is 1. The molecule has 0 unspecified atom stereocenters. The normalized spacial score (nSPS) is 10.3. The molecule has 2 N–H and O–H groups in total. The first kappa shape index (κ1) is 12.4. The van der Waals surface area contributed by atoms with Crippen molar-refractivity contribution in [3.8, 4) is 16.9 Å². The molecule has 2 rings (SSSR count). The predicted octanol–water partition coefficient (Wildman–Crippen LogP) is 3.55. The van der Waals surface area contributed by atoms with Crippen LogP contribution < -0.4 is 0 Å². The molecular weight excluding hydrogens is 259 g/mol. The van der Waals surface area contributed by atoms with Crippen molar-refractivity contribution >= 4 is 17.6 Å². The monoisotopic (exact) mass is 266 g/mol. The minimum atomic E-state index is -1.19. The number of carboxylic acid groups (broad SMARTS) is 1. The summed E-state index contributed by atoms with van der Waals surface area (Å²) in [6.07, 6.45) is 0. The SMILES string of the molecule is O=C(O)c1cc(Cl)ccc1-c1ccc(O)cc1F. The zero-order valence-corrected chi connectivity index (χ0v) is 9.78. The Kier molecular flexibility index (Phi) is 3.21. The van der Waals surface area contributed by atoms with Crippen molar-refractivity contribution in [2.45, 2.75) is 0 Å². The number of aromatic hydroxyl groups is 1. The summed E-state index contributed by atoms with van der Waals surface area (Å²) in [7, 11) is 0. The Labute approximate surface area is 107 Å². The molecule has 0 heterocycles. The number of rotatable bonds is 2. The molecule has 0 fully saturated rings. The fraction of sp³-hybridized carbons (Fsp3) is 0. The van der Waals surface area contributed by atoms with E-state index >= 15 is 0 Å². The van der Waals surface area contributed by atoms with Gasteiger partial charge in [-0.15, -0.1) is 0 Å². The van der Waals surface area contributed by atoms with Crippen molar-refractivity contribution in [2.75, 3.05) is 0 Å². The molecule has 3 nitrogen and oxygen atoms in total. The van der Waals surface area contributed by atoms with Gasteiger partial charge in [0.25, 0.3) is 0 Å². The standard InChI is InChI=1S/C13H8ClFO3/c14-7-1-3-9(11(5-7)13(17)18)10-4-2-8(16)6-12(10)15/h1-6,16H,(H,17,18). The lowest BCUT2D eigenvalue weighted by Crippen LogP contribution is -2.00. The maximum Gasteiger partial charge on any atom is 0.336 e. The second kappa shape index (κ2) is 4.66. The van der Waals surface area contributed by atoms with E-state index in [-0.39, 0.29) is 27.5 Å². The highest BCUT2D eigenvalue weighted by atomic mass is 35.5. The summed E-state index contributed by atoms with van der Waals surface area (Å²) >= 11 is 5.72. The minimum absolute atomic E-state index is 0.0907. The second-order valence-corrected chi connectivity index (χ2v) is 4.10. The van der Waals surface area contributed by atoms with Gasteiger partial charge in [-0.2, -0.15) is 0 Å². The van der Waals surface area contributed by atoms with Gasteiger partial charge in [0.2, 0.25) is 0 Å². The lowest BCUT2D eigenvalue weighted by atomic mass is 9.99. The molecule has 0 aromatic heterocycles. The molecule has 0 aliphatic carbocycles. The molecule has 0 bridgehead atoms. The lowest BCUT2D eigenvalue weighted by molar-refractivity contribution is 0.0697. The van der Waals surface area contributed by atoms with Crippen molar-refractivity contribution in [3.05, 3.63) is 52.8 Å². The number of phenolic OH excluding ortho intramolecular Hbond substituents is 1. The summed E-state index contributed by atoms with van der Waals surface area (Å²) in [4.78, 5) is 11.1. The van der Waals surface area contributed by atoms with Crippen molar-refractivity contribution in [1.82, 2.24) is 0 Å². The summed E-state index contributed by atoms with van der Waals surface area (Å²) in [6.45, 7) is 0. The van der Waals surface area contributed by atoms with Crippen LogP contribution in [0.15, 0.2) is 36.4 Å². The molecule has 2 aromatic rings. The van der Waals surface area contributed by atoms with Gasteiger partial charge in [-0.1, -0.05) is 17.7 Å². The molecule has 0 amide bonds. The molecule has 0 saturated heterocycles. The smallest absolute Gasteiger partial charge is 0.336 e. The maximum absolute atomic E-state index is 13.7. The van der Waals surface area contributed by atoms with E-state index < -0.39 is 11.8 Å². The first-order chi connectivity index (χ1) is 8.49. The quantitative estimate of drug-likeness (QED) is 0.874. The highest BCUT2D eigenvalue weighted by molar-refractivity contribution is 6.31. The van der Waals surface area contributed by atoms with E-state index in [9.17, 15) is 9.18 Å². The van der Waals surface area contributed by atoms with Crippen LogP contribution in [0.4, 0.5) is 4.39 Å². The van der Waals surface area contributed by atoms with Crippen molar-refractivity contribution in [3.63, 3.8) is 0 Å². The lowest BCUT2D eigenvalue weighted by Gasteiger charge is -2.08. The average molecular weight is 267 g/mol. The van der Waals surface area contributed by atoms with Gasteiger partial charge in [0, 0.05) is 16.7 Å². The topological polar surface area (TPSA) is 57.5 Å². The minimum Gasteiger partial charge on any atom is -0.508 e. The van der Waals surface area contributed by atoms with E-state index in [1.54, 1.807) is 0 Å². The molecule has 5 heteroatoms. The number of halogens is 2. The second-order valence-electron chi connectivity index (χ2n) is 3.66. The van der Waals surface area contributed by atoms with Gasteiger partial charge in [0.05, 0.1) is 5.56 Å². The Bertz CT molecular complexity index is 626. The van der Waals surface area contributed by atoms with E-state index in [2.05, 4.69) is 0 Å². The van der Waals surface area contributed by atoms with Crippen LogP contribution in [0.25, 0.3) is 11.1 Å². The Morgan fingerprint density at radius 1 is 1.11 bits per heavy atom. The first-order valence-electron chi connectivity index (χ1n) is 5.01. The van der Waals surface area contributed by atoms with E-state index in [1.165, 1.54) is 30.3 Å². The number of aromatic carboxylic acids is 1. The Balaban J connectivity index is 2.67. The Hall–Kier alpha value is -2.07. The number of benzene rings is 2. The number of hydrogen-bond donors (Lipinski definition) is 2. The number of phenols is 1. The number of hydrogen-bond acceptors (Lipinski definition) is 2. The highest BCUT2D eigenvalue weighted by Gasteiger charge is 2.15. The summed E-state index contributed by atoms with van der Waals surface area (Å²) in [5, 5.41) is 18.5. The average Bonchev–Trinajstić information content (AvgIpc) is 2.29. The summed E-state index contributed by atoms with van der Waals surface area (Å²) < 4.78 is 13.7. The van der Waals surface area contributed by atoms with Crippen LogP contribution in [-0.4, -0.2) is 16.2 Å². The van der Waals surface area contributed by atoms with Gasteiger partial charge in [-0.05, 0) is 29.8 Å². The van der Waals surface area contributed by atoms with Crippen LogP contribution in [-0.2, 0) is 0 Å². The van der Waals surface area contributed by atoms with Crippen LogP contribution in [0.3, 0.4) is 0 Å². The van der Waals surface area contributed by atoms with E-state index in [0.29, 0.717) is 0 Å². The molecule has 0 radical (unpaired) electrons. The highest BCUT2D eigenvalue weighted by Crippen LogP contribution is 2.30. The van der Waals surface area contributed by atoms with E-state index in [1.807, 2.05) is 0 Å². The fourth-order valence-corrected chi connectivity index (χ4v) is 1.82. The fourth-order valence-electron chi connectivity index (χ4n) is 1.65. The third-order valence-corrected chi connectivity index (χ3v) is 2.69. The van der Waals surface area contributed by atoms with Gasteiger partial charge in [0.1, 0.15) is 11.6 Å². The maximum atomic E-state index is 13.7. The third kappa shape index (κ3) is 2.28. The van der Waals surface area contributed by atoms with Crippen molar-refractivity contribution in [2.24, 2.45) is 0 Å². The van der Waals surface area contributed by atoms with Crippen LogP contribution >= 0.6 is 11.6 Å². The van der Waals surface area contributed by atoms with Gasteiger partial charge in [-0.3, -0.25) is 0 Å². The summed E-state index contributed by atoms with van der Waals surface area (Å²) in [5.41, 5.74) is 0.221. The molecule has 0 aliphatic rings. The van der Waals surface area contributed by atoms with Crippen molar-refractivity contribution < 1.29 is 19.4 Å². The van der Waals surface area contributed by atoms with Gasteiger partial charge in [0.15, 0.2) is 0 Å². The van der Waals surface area contributed by atoms with E-state index in [4.69, 9.17) is 21.8 Å². The predicted molar refractivity (Wildman–Crippen MR) is 65.5 cm³/mol. The van der Waals surface area contributed by atoms with Crippen LogP contribution in [0.5, 0.6) is 5.75 Å². The largest absolute Gasteiger partial charge is 0.508 e. The Morgan fingerprint density at radius 3 is 2.39 bits per heavy atom. The van der Waals surface area contributed by atoms with Crippen LogP contribution in [0.1, 0.15) is 10.4 Å². The zero-order chi connectivity index (χ0) is 13.3. The summed E-state index contributed by atoms with van der Waals surface area (Å²) in [5.74, 6) is -2.11. The molecule has 0 atom stereocenters. The summed E-state index contributed by atoms with van der Waals surface area (Å²) in [6, 6.07) is 7.71. The zero-order valence-electron chi connectivity index (χ0n) is 9.02. The van der Waals surface area contributed by atoms with Crippen molar-refractivity contribution in [1.29, 1.82) is 0 Å². The molecule has 0 saturated carbocycles. The number of carboxylic acids is 1.